The van der Waals surface area contributed by atoms with Gasteiger partial charge in [0.15, 0.2) is 0 Å². The molecule has 1 aliphatic rings. The molecule has 1 aliphatic heterocycles. The van der Waals surface area contributed by atoms with Gasteiger partial charge in [-0.15, -0.1) is 0 Å². The summed E-state index contributed by atoms with van der Waals surface area (Å²) in [5.74, 6) is -4.02. The molecule has 0 aliphatic carbocycles. The maximum Gasteiger partial charge on any atom is 0.268 e. The van der Waals surface area contributed by atoms with Crippen molar-refractivity contribution in [2.75, 3.05) is 18.4 Å². The van der Waals surface area contributed by atoms with Crippen LogP contribution in [0.4, 0.5) is 14.6 Å². The second kappa shape index (κ2) is 9.59. The summed E-state index contributed by atoms with van der Waals surface area (Å²) in [6.45, 7) is 4.24. The van der Waals surface area contributed by atoms with Gasteiger partial charge in [0.1, 0.15) is 11.9 Å². The summed E-state index contributed by atoms with van der Waals surface area (Å²) < 4.78 is 26.9. The molecule has 0 radical (unpaired) electrons. The van der Waals surface area contributed by atoms with E-state index >= 15 is 0 Å². The number of pyridine rings is 1. The third kappa shape index (κ3) is 5.97. The highest BCUT2D eigenvalue weighted by molar-refractivity contribution is 5.97. The lowest BCUT2D eigenvalue weighted by molar-refractivity contribution is -0.131. The second-order valence-corrected chi connectivity index (χ2v) is 6.32. The number of carbonyl (C=O) groups excluding carboxylic acids is 2. The molecule has 2 rings (SSSR count). The van der Waals surface area contributed by atoms with Gasteiger partial charge < -0.3 is 15.5 Å². The topological polar surface area (TPSA) is 98.1 Å². The second-order valence-electron chi connectivity index (χ2n) is 6.32. The van der Waals surface area contributed by atoms with Gasteiger partial charge in [-0.05, 0) is 31.2 Å². The molecule has 1 atom stereocenters. The quantitative estimate of drug-likeness (QED) is 0.685. The molecular formula is C20H21F2N5O2. The largest absolute Gasteiger partial charge is 0.343 e. The smallest absolute Gasteiger partial charge is 0.268 e. The summed E-state index contributed by atoms with van der Waals surface area (Å²) in [4.78, 5) is 29.4. The summed E-state index contributed by atoms with van der Waals surface area (Å²) in [7, 11) is 0. The van der Waals surface area contributed by atoms with Crippen LogP contribution >= 0.6 is 0 Å². The third-order valence-corrected chi connectivity index (χ3v) is 4.12. The maximum atomic E-state index is 13.4. The Morgan fingerprint density at radius 3 is 2.93 bits per heavy atom. The number of alkyl halides is 2. The molecule has 1 saturated heterocycles. The van der Waals surface area contributed by atoms with Crippen LogP contribution < -0.4 is 10.6 Å². The van der Waals surface area contributed by atoms with E-state index in [9.17, 15) is 18.4 Å². The van der Waals surface area contributed by atoms with Crippen molar-refractivity contribution in [1.82, 2.24) is 15.2 Å². The highest BCUT2D eigenvalue weighted by Crippen LogP contribution is 2.31. The van der Waals surface area contributed by atoms with E-state index in [1.54, 1.807) is 18.2 Å². The van der Waals surface area contributed by atoms with Crippen LogP contribution in [0.25, 0.3) is 0 Å². The SMILES string of the molecule is C=C/C(=C\C=C/C)Nc1cc(C(=O)NCC(=O)N2CC(F)(F)C[C@H]2C#N)ccn1. The van der Waals surface area contributed by atoms with Crippen molar-refractivity contribution in [3.05, 3.63) is 60.5 Å². The number of hydrogen-bond acceptors (Lipinski definition) is 5. The van der Waals surface area contributed by atoms with Crippen LogP contribution in [-0.2, 0) is 4.79 Å². The van der Waals surface area contributed by atoms with Gasteiger partial charge in [0.25, 0.3) is 11.8 Å². The van der Waals surface area contributed by atoms with Crippen molar-refractivity contribution >= 4 is 17.6 Å². The number of hydrogen-bond donors (Lipinski definition) is 2. The minimum Gasteiger partial charge on any atom is -0.343 e. The monoisotopic (exact) mass is 401 g/mol. The minimum atomic E-state index is -3.10. The molecule has 0 bridgehead atoms. The number of rotatable bonds is 7. The first-order valence-corrected chi connectivity index (χ1v) is 8.83. The molecular weight excluding hydrogens is 380 g/mol. The normalized spacial score (nSPS) is 18.3. The fraction of sp³-hybridized carbons (Fsp3) is 0.300. The molecule has 0 saturated carbocycles. The van der Waals surface area contributed by atoms with Crippen LogP contribution in [0.1, 0.15) is 23.7 Å². The fourth-order valence-electron chi connectivity index (χ4n) is 2.70. The van der Waals surface area contributed by atoms with Gasteiger partial charge in [-0.1, -0.05) is 18.7 Å². The number of carbonyl (C=O) groups is 2. The fourth-order valence-corrected chi connectivity index (χ4v) is 2.70. The van der Waals surface area contributed by atoms with Gasteiger partial charge in [0.2, 0.25) is 5.91 Å². The molecule has 2 amide bonds. The van der Waals surface area contributed by atoms with Gasteiger partial charge in [0.05, 0.1) is 19.2 Å². The lowest BCUT2D eigenvalue weighted by Crippen LogP contribution is -2.42. The number of amides is 2. The highest BCUT2D eigenvalue weighted by atomic mass is 19.3. The Labute approximate surface area is 167 Å². The zero-order valence-electron chi connectivity index (χ0n) is 15.9. The van der Waals surface area contributed by atoms with Crippen molar-refractivity contribution < 1.29 is 18.4 Å². The van der Waals surface area contributed by atoms with Crippen LogP contribution in [0.3, 0.4) is 0 Å². The van der Waals surface area contributed by atoms with Gasteiger partial charge in [-0.25, -0.2) is 13.8 Å². The molecule has 0 unspecified atom stereocenters. The lowest BCUT2D eigenvalue weighted by atomic mass is 10.2. The van der Waals surface area contributed by atoms with E-state index in [0.717, 1.165) is 4.90 Å². The van der Waals surface area contributed by atoms with E-state index < -0.39 is 43.3 Å². The van der Waals surface area contributed by atoms with E-state index in [-0.39, 0.29) is 5.56 Å². The average Bonchev–Trinajstić information content (AvgIpc) is 3.04. The Bertz CT molecular complexity index is 889. The van der Waals surface area contributed by atoms with Crippen molar-refractivity contribution in [3.63, 3.8) is 0 Å². The van der Waals surface area contributed by atoms with Crippen molar-refractivity contribution in [2.45, 2.75) is 25.3 Å². The molecule has 0 spiro atoms. The van der Waals surface area contributed by atoms with E-state index in [4.69, 9.17) is 5.26 Å². The van der Waals surface area contributed by atoms with Gasteiger partial charge in [0, 0.05) is 23.9 Å². The van der Waals surface area contributed by atoms with E-state index in [2.05, 4.69) is 22.2 Å². The summed E-state index contributed by atoms with van der Waals surface area (Å²) in [6, 6.07) is 3.43. The number of aromatic nitrogens is 1. The third-order valence-electron chi connectivity index (χ3n) is 4.12. The maximum absolute atomic E-state index is 13.4. The Morgan fingerprint density at radius 2 is 2.28 bits per heavy atom. The van der Waals surface area contributed by atoms with Crippen LogP contribution in [0.15, 0.2) is 54.9 Å². The standard InChI is InChI=1S/C20H21F2N5O2/c1-3-5-6-15(4-2)26-17-9-14(7-8-24-17)19(29)25-12-18(28)27-13-20(21,22)10-16(27)11-23/h3-9,16H,2,10,12-13H2,1H3,(H,24,26)(H,25,29)/b5-3-,15-6+/t16-/m0/s1. The van der Waals surface area contributed by atoms with E-state index in [1.165, 1.54) is 18.3 Å². The number of anilines is 1. The van der Waals surface area contributed by atoms with Crippen LogP contribution in [0, 0.1) is 11.3 Å². The van der Waals surface area contributed by atoms with Crippen molar-refractivity contribution in [1.29, 1.82) is 5.26 Å². The predicted octanol–water partition coefficient (Wildman–Crippen LogP) is 2.63. The molecule has 29 heavy (non-hydrogen) atoms. The van der Waals surface area contributed by atoms with Gasteiger partial charge in [-0.2, -0.15) is 5.26 Å². The molecule has 0 aromatic carbocycles. The Balaban J connectivity index is 2.00. The number of likely N-dealkylation sites (tertiary alicyclic amines) is 1. The minimum absolute atomic E-state index is 0.230. The summed E-state index contributed by atoms with van der Waals surface area (Å²) in [5, 5.41) is 14.3. The molecule has 1 aromatic rings. The zero-order valence-corrected chi connectivity index (χ0v) is 15.9. The van der Waals surface area contributed by atoms with Crippen molar-refractivity contribution in [3.8, 4) is 6.07 Å². The number of allylic oxidation sites excluding steroid dienone is 4. The molecule has 2 heterocycles. The Morgan fingerprint density at radius 1 is 1.52 bits per heavy atom. The first kappa shape index (κ1) is 21.8. The van der Waals surface area contributed by atoms with Gasteiger partial charge in [-0.3, -0.25) is 9.59 Å². The lowest BCUT2D eigenvalue weighted by Gasteiger charge is -2.19. The number of halogens is 2. The molecule has 1 aromatic heterocycles. The summed E-state index contributed by atoms with van der Waals surface area (Å²) in [6.07, 6.45) is 7.73. The first-order valence-electron chi connectivity index (χ1n) is 8.83. The summed E-state index contributed by atoms with van der Waals surface area (Å²) in [5.41, 5.74) is 0.897. The van der Waals surface area contributed by atoms with E-state index in [0.29, 0.717) is 11.5 Å². The molecule has 2 N–H and O–H groups in total. The van der Waals surface area contributed by atoms with Gasteiger partial charge >= 0.3 is 0 Å². The Hall–Kier alpha value is -3.54. The first-order chi connectivity index (χ1) is 13.8. The number of nitrogens with one attached hydrogen (secondary N) is 2. The zero-order chi connectivity index (χ0) is 21.4. The number of nitrogens with zero attached hydrogens (tertiary/aromatic N) is 3. The average molecular weight is 401 g/mol. The van der Waals surface area contributed by atoms with E-state index in [1.807, 2.05) is 19.1 Å². The Kier molecular flexibility index (Phi) is 7.20. The molecule has 152 valence electrons. The molecule has 9 heteroatoms. The van der Waals surface area contributed by atoms with Crippen LogP contribution in [-0.4, -0.2) is 46.8 Å². The highest BCUT2D eigenvalue weighted by Gasteiger charge is 2.47. The summed E-state index contributed by atoms with van der Waals surface area (Å²) >= 11 is 0. The molecule has 7 nitrogen and oxygen atoms in total. The number of nitriles is 1. The van der Waals surface area contributed by atoms with Crippen LogP contribution in [0.5, 0.6) is 0 Å². The predicted molar refractivity (Wildman–Crippen MR) is 104 cm³/mol. The molecule has 1 fully saturated rings. The van der Waals surface area contributed by atoms with Crippen LogP contribution in [0.2, 0.25) is 0 Å². The van der Waals surface area contributed by atoms with Crippen molar-refractivity contribution in [2.24, 2.45) is 0 Å².